The summed E-state index contributed by atoms with van der Waals surface area (Å²) >= 11 is 0. The first-order chi connectivity index (χ1) is 12.1. The van der Waals surface area contributed by atoms with Crippen molar-refractivity contribution in [1.29, 1.82) is 0 Å². The molecule has 0 aliphatic carbocycles. The molecule has 1 aliphatic heterocycles. The number of hydrogen-bond donors (Lipinski definition) is 2. The number of quaternary nitrogens is 1. The van der Waals surface area contributed by atoms with Gasteiger partial charge in [-0.25, -0.2) is 0 Å². The van der Waals surface area contributed by atoms with Gasteiger partial charge in [-0.15, -0.1) is 0 Å². The van der Waals surface area contributed by atoms with E-state index in [0.717, 1.165) is 23.4 Å². The number of nitrogens with one attached hydrogen (secondary N) is 1. The lowest BCUT2D eigenvalue weighted by atomic mass is 10.1. The molecule has 3 N–H and O–H groups in total. The molecule has 0 spiro atoms. The lowest BCUT2D eigenvalue weighted by Crippen LogP contribution is -2.96. The molecule has 5 nitrogen and oxygen atoms in total. The van der Waals surface area contributed by atoms with Crippen molar-refractivity contribution in [3.8, 4) is 0 Å². The van der Waals surface area contributed by atoms with Crippen LogP contribution in [0.1, 0.15) is 17.5 Å². The van der Waals surface area contributed by atoms with Gasteiger partial charge in [-0.2, -0.15) is 0 Å². The topological polar surface area (TPSA) is 66.0 Å². The fraction of sp³-hybridized carbons (Fsp3) is 0.300. The van der Waals surface area contributed by atoms with Crippen molar-refractivity contribution in [3.05, 3.63) is 65.7 Å². The number of benzene rings is 2. The molecule has 130 valence electrons. The summed E-state index contributed by atoms with van der Waals surface area (Å²) < 4.78 is 0. The normalized spacial score (nSPS) is 17.4. The van der Waals surface area contributed by atoms with E-state index < -0.39 is 0 Å². The van der Waals surface area contributed by atoms with Gasteiger partial charge in [0.25, 0.3) is 5.91 Å². The Kier molecular flexibility index (Phi) is 5.46. The molecule has 5 heteroatoms. The van der Waals surface area contributed by atoms with E-state index in [9.17, 15) is 9.59 Å². The number of carbonyl (C=O) groups excluding carboxylic acids is 2. The number of rotatable bonds is 5. The summed E-state index contributed by atoms with van der Waals surface area (Å²) in [6, 6.07) is 17.3. The van der Waals surface area contributed by atoms with E-state index in [4.69, 9.17) is 0 Å². The van der Waals surface area contributed by atoms with Crippen molar-refractivity contribution in [2.45, 2.75) is 25.9 Å². The van der Waals surface area contributed by atoms with Crippen molar-refractivity contribution in [2.24, 2.45) is 0 Å². The predicted octanol–water partition coefficient (Wildman–Crippen LogP) is 1.30. The molecule has 2 aromatic rings. The summed E-state index contributed by atoms with van der Waals surface area (Å²) in [4.78, 5) is 26.8. The van der Waals surface area contributed by atoms with E-state index in [0.29, 0.717) is 13.1 Å². The number of anilines is 1. The molecule has 0 saturated carbocycles. The van der Waals surface area contributed by atoms with Gasteiger partial charge in [-0.3, -0.25) is 9.59 Å². The first kappa shape index (κ1) is 17.2. The van der Waals surface area contributed by atoms with Gasteiger partial charge in [0.15, 0.2) is 6.04 Å². The van der Waals surface area contributed by atoms with Gasteiger partial charge in [0.2, 0.25) is 5.91 Å². The van der Waals surface area contributed by atoms with Crippen LogP contribution in [-0.4, -0.2) is 35.8 Å². The third-order valence-electron chi connectivity index (χ3n) is 4.44. The summed E-state index contributed by atoms with van der Waals surface area (Å²) in [7, 11) is 0. The van der Waals surface area contributed by atoms with Gasteiger partial charge < -0.3 is 15.5 Å². The molecule has 25 heavy (non-hydrogen) atoms. The van der Waals surface area contributed by atoms with Crippen molar-refractivity contribution in [1.82, 2.24) is 4.90 Å². The van der Waals surface area contributed by atoms with Gasteiger partial charge in [0.05, 0.1) is 19.5 Å². The van der Waals surface area contributed by atoms with Crippen LogP contribution in [0.4, 0.5) is 5.69 Å². The molecule has 0 aromatic heterocycles. The maximum absolute atomic E-state index is 12.7. The summed E-state index contributed by atoms with van der Waals surface area (Å²) in [5, 5.41) is 4.84. The molecule has 0 bridgehead atoms. The van der Waals surface area contributed by atoms with Gasteiger partial charge in [0.1, 0.15) is 0 Å². The van der Waals surface area contributed by atoms with Crippen LogP contribution in [0.25, 0.3) is 0 Å². The Hall–Kier alpha value is -2.66. The van der Waals surface area contributed by atoms with Gasteiger partial charge >= 0.3 is 0 Å². The molecule has 0 unspecified atom stereocenters. The minimum absolute atomic E-state index is 0.0363. The third-order valence-corrected chi connectivity index (χ3v) is 4.44. The summed E-state index contributed by atoms with van der Waals surface area (Å²) in [5.41, 5.74) is 3.02. The van der Waals surface area contributed by atoms with Crippen LogP contribution in [-0.2, 0) is 16.1 Å². The van der Waals surface area contributed by atoms with Crippen LogP contribution in [0.2, 0.25) is 0 Å². The minimum Gasteiger partial charge on any atom is -0.334 e. The first-order valence-electron chi connectivity index (χ1n) is 8.64. The zero-order chi connectivity index (χ0) is 17.6. The predicted molar refractivity (Wildman–Crippen MR) is 96.9 cm³/mol. The fourth-order valence-electron chi connectivity index (χ4n) is 3.06. The van der Waals surface area contributed by atoms with Crippen molar-refractivity contribution < 1.29 is 14.9 Å². The highest BCUT2D eigenvalue weighted by Gasteiger charge is 2.33. The molecule has 1 aliphatic rings. The molecule has 2 amide bonds. The molecule has 1 atom stereocenters. The second-order valence-electron chi connectivity index (χ2n) is 6.49. The number of nitrogens with zero attached hydrogens (tertiary/aromatic N) is 1. The smallest absolute Gasteiger partial charge is 0.281 e. The van der Waals surface area contributed by atoms with Crippen molar-refractivity contribution >= 4 is 17.5 Å². The number of aryl methyl sites for hydroxylation is 1. The standard InChI is InChI=1S/C20H23N3O2/c1-15-7-9-17(10-8-15)22-19(24)13-18-20(25)23(12-11-21-18)14-16-5-3-2-4-6-16/h2-10,18,21H,11-14H2,1H3,(H,22,24)/p+1/t18-/m0/s1. The summed E-state index contributed by atoms with van der Waals surface area (Å²) in [6.07, 6.45) is 0.192. The first-order valence-corrected chi connectivity index (χ1v) is 8.64. The molecule has 1 fully saturated rings. The molecular formula is C20H24N3O2+. The second-order valence-corrected chi connectivity index (χ2v) is 6.49. The number of amides is 2. The monoisotopic (exact) mass is 338 g/mol. The highest BCUT2D eigenvalue weighted by Crippen LogP contribution is 2.11. The number of piperazine rings is 1. The van der Waals surface area contributed by atoms with E-state index in [2.05, 4.69) is 5.32 Å². The highest BCUT2D eigenvalue weighted by atomic mass is 16.2. The highest BCUT2D eigenvalue weighted by molar-refractivity contribution is 5.94. The van der Waals surface area contributed by atoms with Crippen LogP contribution in [0.5, 0.6) is 0 Å². The van der Waals surface area contributed by atoms with Crippen LogP contribution in [0.15, 0.2) is 54.6 Å². The molecule has 1 saturated heterocycles. The van der Waals surface area contributed by atoms with Crippen LogP contribution in [0, 0.1) is 6.92 Å². The zero-order valence-electron chi connectivity index (χ0n) is 14.4. The van der Waals surface area contributed by atoms with Crippen LogP contribution < -0.4 is 10.6 Å². The maximum Gasteiger partial charge on any atom is 0.281 e. The quantitative estimate of drug-likeness (QED) is 0.863. The molecule has 0 radical (unpaired) electrons. The van der Waals surface area contributed by atoms with Crippen LogP contribution in [0.3, 0.4) is 0 Å². The Labute approximate surface area is 148 Å². The van der Waals surface area contributed by atoms with Gasteiger partial charge in [0, 0.05) is 12.2 Å². The lowest BCUT2D eigenvalue weighted by Gasteiger charge is -2.30. The van der Waals surface area contributed by atoms with Gasteiger partial charge in [-0.1, -0.05) is 48.0 Å². The third kappa shape index (κ3) is 4.67. The summed E-state index contributed by atoms with van der Waals surface area (Å²) in [5.74, 6) is -0.0887. The van der Waals surface area contributed by atoms with Crippen molar-refractivity contribution in [2.75, 3.05) is 18.4 Å². The average molecular weight is 338 g/mol. The number of carbonyl (C=O) groups is 2. The van der Waals surface area contributed by atoms with E-state index in [1.54, 1.807) is 0 Å². The Morgan fingerprint density at radius 1 is 1.16 bits per heavy atom. The molecule has 3 rings (SSSR count). The molecule has 1 heterocycles. The molecular weight excluding hydrogens is 314 g/mol. The second kappa shape index (κ2) is 7.94. The molecule has 2 aromatic carbocycles. The van der Waals surface area contributed by atoms with E-state index in [-0.39, 0.29) is 24.3 Å². The fourth-order valence-corrected chi connectivity index (χ4v) is 3.06. The van der Waals surface area contributed by atoms with Crippen LogP contribution >= 0.6 is 0 Å². The lowest BCUT2D eigenvalue weighted by molar-refractivity contribution is -0.682. The Bertz CT molecular complexity index is 728. The maximum atomic E-state index is 12.7. The van der Waals surface area contributed by atoms with E-state index in [1.807, 2.05) is 71.7 Å². The van der Waals surface area contributed by atoms with E-state index >= 15 is 0 Å². The van der Waals surface area contributed by atoms with Crippen molar-refractivity contribution in [3.63, 3.8) is 0 Å². The number of hydrogen-bond acceptors (Lipinski definition) is 2. The van der Waals surface area contributed by atoms with E-state index in [1.165, 1.54) is 0 Å². The Balaban J connectivity index is 1.57. The SMILES string of the molecule is Cc1ccc(NC(=O)C[C@@H]2[NH2+]CCN(Cc3ccccc3)C2=O)cc1. The Morgan fingerprint density at radius 3 is 2.60 bits per heavy atom. The van der Waals surface area contributed by atoms with Gasteiger partial charge in [-0.05, 0) is 24.6 Å². The number of nitrogens with two attached hydrogens (primary N) is 1. The zero-order valence-corrected chi connectivity index (χ0v) is 14.4. The largest absolute Gasteiger partial charge is 0.334 e. The summed E-state index contributed by atoms with van der Waals surface area (Å²) in [6.45, 7) is 4.14. The Morgan fingerprint density at radius 2 is 1.88 bits per heavy atom. The average Bonchev–Trinajstić information content (AvgIpc) is 2.61. The minimum atomic E-state index is -0.345.